The van der Waals surface area contributed by atoms with Crippen molar-refractivity contribution in [3.05, 3.63) is 65.4 Å². The first kappa shape index (κ1) is 20.2. The van der Waals surface area contributed by atoms with Crippen molar-refractivity contribution in [2.45, 2.75) is 49.2 Å². The first-order valence-electron chi connectivity index (χ1n) is 9.84. The first-order chi connectivity index (χ1) is 14.6. The summed E-state index contributed by atoms with van der Waals surface area (Å²) in [5.74, 6) is 2.22. The zero-order valence-corrected chi connectivity index (χ0v) is 17.2. The van der Waals surface area contributed by atoms with Crippen LogP contribution in [-0.4, -0.2) is 26.6 Å². The molecule has 2 heterocycles. The Morgan fingerprint density at radius 1 is 1.23 bits per heavy atom. The van der Waals surface area contributed by atoms with Gasteiger partial charge in [0.15, 0.2) is 5.16 Å². The second kappa shape index (κ2) is 9.17. The van der Waals surface area contributed by atoms with E-state index in [0.29, 0.717) is 36.1 Å². The highest BCUT2D eigenvalue weighted by atomic mass is 32.2. The molecule has 0 radical (unpaired) electrons. The number of thioether (sulfide) groups is 1. The number of nitrogens with one attached hydrogen (secondary N) is 1. The van der Waals surface area contributed by atoms with Crippen molar-refractivity contribution in [2.24, 2.45) is 5.73 Å². The minimum absolute atomic E-state index is 0.154. The topological polar surface area (TPSA) is 116 Å². The van der Waals surface area contributed by atoms with Crippen molar-refractivity contribution in [2.75, 3.05) is 0 Å². The van der Waals surface area contributed by atoms with Gasteiger partial charge < -0.3 is 20.0 Å². The van der Waals surface area contributed by atoms with Crippen LogP contribution in [0.15, 0.2) is 52.2 Å². The van der Waals surface area contributed by atoms with Gasteiger partial charge in [-0.2, -0.15) is 0 Å². The maximum Gasteiger partial charge on any atom is 0.251 e. The average Bonchev–Trinajstić information content (AvgIpc) is 3.30. The first-order valence-corrected chi connectivity index (χ1v) is 10.8. The van der Waals surface area contributed by atoms with Gasteiger partial charge in [-0.05, 0) is 42.7 Å². The second-order valence-corrected chi connectivity index (χ2v) is 8.18. The number of amides is 2. The number of furan rings is 1. The number of hydrogen-bond donors (Lipinski definition) is 2. The summed E-state index contributed by atoms with van der Waals surface area (Å²) in [6.07, 6.45) is 4.05. The van der Waals surface area contributed by atoms with Crippen LogP contribution in [0, 0.1) is 0 Å². The highest BCUT2D eigenvalue weighted by molar-refractivity contribution is 7.98. The zero-order valence-electron chi connectivity index (χ0n) is 16.4. The molecule has 1 aliphatic rings. The molecule has 0 saturated heterocycles. The largest absolute Gasteiger partial charge is 0.467 e. The van der Waals surface area contributed by atoms with Gasteiger partial charge in [-0.3, -0.25) is 9.59 Å². The van der Waals surface area contributed by atoms with Crippen LogP contribution in [0.3, 0.4) is 0 Å². The standard InChI is InChI=1S/C21H23N5O3S/c22-18(27)8-9-26-19(15-6-7-15)24-25-21(26)30-13-14-3-1-4-16(11-14)20(28)23-12-17-5-2-10-29-17/h1-5,10-11,15H,6-9,12-13H2,(H2,22,27)(H,23,28). The van der Waals surface area contributed by atoms with Crippen molar-refractivity contribution in [3.63, 3.8) is 0 Å². The predicted molar refractivity (Wildman–Crippen MR) is 112 cm³/mol. The van der Waals surface area contributed by atoms with E-state index in [1.807, 2.05) is 28.8 Å². The molecule has 2 aromatic heterocycles. The summed E-state index contributed by atoms with van der Waals surface area (Å²) in [5.41, 5.74) is 6.92. The number of nitrogens with two attached hydrogens (primary N) is 1. The highest BCUT2D eigenvalue weighted by Crippen LogP contribution is 2.40. The smallest absolute Gasteiger partial charge is 0.251 e. The highest BCUT2D eigenvalue weighted by Gasteiger charge is 2.30. The van der Waals surface area contributed by atoms with E-state index in [1.165, 1.54) is 0 Å². The van der Waals surface area contributed by atoms with Crippen LogP contribution in [0.25, 0.3) is 0 Å². The van der Waals surface area contributed by atoms with Gasteiger partial charge >= 0.3 is 0 Å². The Balaban J connectivity index is 1.39. The molecule has 0 spiro atoms. The number of carbonyl (C=O) groups excluding carboxylic acids is 2. The zero-order chi connectivity index (χ0) is 20.9. The van der Waals surface area contributed by atoms with Crippen molar-refractivity contribution in [1.82, 2.24) is 20.1 Å². The number of primary amides is 1. The van der Waals surface area contributed by atoms with E-state index in [1.54, 1.807) is 30.2 Å². The molecule has 0 bridgehead atoms. The van der Waals surface area contributed by atoms with Crippen LogP contribution in [-0.2, 0) is 23.6 Å². The van der Waals surface area contributed by atoms with Gasteiger partial charge in [0.05, 0.1) is 12.8 Å². The monoisotopic (exact) mass is 425 g/mol. The Kier molecular flexibility index (Phi) is 6.18. The van der Waals surface area contributed by atoms with E-state index in [2.05, 4.69) is 15.5 Å². The third-order valence-corrected chi connectivity index (χ3v) is 5.87. The Hall–Kier alpha value is -3.07. The van der Waals surface area contributed by atoms with Gasteiger partial charge in [-0.1, -0.05) is 23.9 Å². The van der Waals surface area contributed by atoms with Gasteiger partial charge in [-0.15, -0.1) is 10.2 Å². The molecule has 9 heteroatoms. The minimum Gasteiger partial charge on any atom is -0.467 e. The lowest BCUT2D eigenvalue weighted by Gasteiger charge is -2.09. The molecule has 8 nitrogen and oxygen atoms in total. The summed E-state index contributed by atoms with van der Waals surface area (Å²) in [4.78, 5) is 23.7. The molecule has 3 N–H and O–H groups in total. The fraction of sp³-hybridized carbons (Fsp3) is 0.333. The third kappa shape index (κ3) is 5.10. The molecule has 30 heavy (non-hydrogen) atoms. The molecular formula is C21H23N5O3S. The number of hydrogen-bond acceptors (Lipinski definition) is 6. The molecule has 4 rings (SSSR count). The number of nitrogens with zero attached hydrogens (tertiary/aromatic N) is 3. The van der Waals surface area contributed by atoms with E-state index in [-0.39, 0.29) is 18.2 Å². The van der Waals surface area contributed by atoms with Crippen LogP contribution in [0.2, 0.25) is 0 Å². The molecule has 1 fully saturated rings. The fourth-order valence-electron chi connectivity index (χ4n) is 3.12. The molecule has 0 unspecified atom stereocenters. The summed E-state index contributed by atoms with van der Waals surface area (Å²) in [5, 5.41) is 12.3. The third-order valence-electron chi connectivity index (χ3n) is 4.83. The Morgan fingerprint density at radius 3 is 2.83 bits per heavy atom. The summed E-state index contributed by atoms with van der Waals surface area (Å²) < 4.78 is 7.24. The van der Waals surface area contributed by atoms with Crippen molar-refractivity contribution in [1.29, 1.82) is 0 Å². The number of carbonyl (C=O) groups is 2. The van der Waals surface area contributed by atoms with Crippen LogP contribution < -0.4 is 11.1 Å². The molecule has 2 amide bonds. The van der Waals surface area contributed by atoms with E-state index in [9.17, 15) is 9.59 Å². The quantitative estimate of drug-likeness (QED) is 0.483. The van der Waals surface area contributed by atoms with Crippen molar-refractivity contribution in [3.8, 4) is 0 Å². The van der Waals surface area contributed by atoms with Crippen LogP contribution in [0.4, 0.5) is 0 Å². The lowest BCUT2D eigenvalue weighted by atomic mass is 10.1. The predicted octanol–water partition coefficient (Wildman–Crippen LogP) is 2.85. The molecule has 156 valence electrons. The van der Waals surface area contributed by atoms with Gasteiger partial charge in [-0.25, -0.2) is 0 Å². The van der Waals surface area contributed by atoms with E-state index in [4.69, 9.17) is 10.2 Å². The van der Waals surface area contributed by atoms with Crippen LogP contribution >= 0.6 is 11.8 Å². The van der Waals surface area contributed by atoms with Gasteiger partial charge in [0.2, 0.25) is 5.91 Å². The van der Waals surface area contributed by atoms with Gasteiger partial charge in [0.25, 0.3) is 5.91 Å². The molecule has 1 aliphatic carbocycles. The minimum atomic E-state index is -0.338. The number of aromatic nitrogens is 3. The van der Waals surface area contributed by atoms with E-state index >= 15 is 0 Å². The van der Waals surface area contributed by atoms with Crippen LogP contribution in [0.1, 0.15) is 52.7 Å². The Morgan fingerprint density at radius 2 is 2.10 bits per heavy atom. The fourth-order valence-corrected chi connectivity index (χ4v) is 4.03. The maximum absolute atomic E-state index is 12.4. The average molecular weight is 426 g/mol. The molecule has 0 atom stereocenters. The van der Waals surface area contributed by atoms with Gasteiger partial charge in [0, 0.05) is 30.2 Å². The second-order valence-electron chi connectivity index (χ2n) is 7.23. The number of rotatable bonds is 10. The van der Waals surface area contributed by atoms with Crippen molar-refractivity contribution < 1.29 is 14.0 Å². The molecule has 3 aromatic rings. The summed E-state index contributed by atoms with van der Waals surface area (Å²) >= 11 is 1.54. The maximum atomic E-state index is 12.4. The van der Waals surface area contributed by atoms with Crippen LogP contribution in [0.5, 0.6) is 0 Å². The number of benzene rings is 1. The summed E-state index contributed by atoms with van der Waals surface area (Å²) in [6.45, 7) is 0.837. The lowest BCUT2D eigenvalue weighted by Crippen LogP contribution is -2.22. The summed E-state index contributed by atoms with van der Waals surface area (Å²) in [6, 6.07) is 11.1. The SMILES string of the molecule is NC(=O)CCn1c(SCc2cccc(C(=O)NCc3ccco3)c2)nnc1C1CC1. The lowest BCUT2D eigenvalue weighted by molar-refractivity contribution is -0.118. The molecule has 0 aliphatic heterocycles. The normalized spacial score (nSPS) is 13.3. The molecule has 1 saturated carbocycles. The Bertz CT molecular complexity index is 1030. The summed E-state index contributed by atoms with van der Waals surface area (Å²) in [7, 11) is 0. The van der Waals surface area contributed by atoms with Gasteiger partial charge in [0.1, 0.15) is 11.6 Å². The molecular weight excluding hydrogens is 402 g/mol. The Labute approximate surface area is 178 Å². The molecule has 1 aromatic carbocycles. The van der Waals surface area contributed by atoms with Crippen molar-refractivity contribution >= 4 is 23.6 Å². The van der Waals surface area contributed by atoms with E-state index in [0.717, 1.165) is 29.4 Å². The van der Waals surface area contributed by atoms with E-state index < -0.39 is 0 Å².